The number of allylic oxidation sites excluding steroid dienone is 8. The van der Waals surface area contributed by atoms with Gasteiger partial charge in [-0.1, -0.05) is 89.6 Å². The summed E-state index contributed by atoms with van der Waals surface area (Å²) in [5.74, 6) is 13.2. The molecule has 0 heteroatoms. The molecule has 0 aliphatic heterocycles. The predicted molar refractivity (Wildman–Crippen MR) is 131 cm³/mol. The van der Waals surface area contributed by atoms with Crippen molar-refractivity contribution in [2.24, 2.45) is 29.1 Å². The molecule has 0 spiro atoms. The first kappa shape index (κ1) is 21.8. The van der Waals surface area contributed by atoms with E-state index in [-0.39, 0.29) is 5.41 Å². The monoisotopic (exact) mass is 408 g/mol. The largest absolute Gasteiger partial charge is 0.0758 e. The van der Waals surface area contributed by atoms with E-state index in [0.29, 0.717) is 5.92 Å². The summed E-state index contributed by atoms with van der Waals surface area (Å²) in [5, 5.41) is 0. The summed E-state index contributed by atoms with van der Waals surface area (Å²) >= 11 is 0. The lowest BCUT2D eigenvalue weighted by atomic mass is 9.60. The van der Waals surface area contributed by atoms with Crippen molar-refractivity contribution in [3.05, 3.63) is 109 Å². The molecule has 0 unspecified atom stereocenters. The Bertz CT molecular complexity index is 727. The smallest absolute Gasteiger partial charge is 0.0209 e. The average molecular weight is 409 g/mol. The van der Waals surface area contributed by atoms with Crippen molar-refractivity contribution in [1.82, 2.24) is 0 Å². The Morgan fingerprint density at radius 2 is 1.39 bits per heavy atom. The zero-order chi connectivity index (χ0) is 21.8. The van der Waals surface area contributed by atoms with E-state index in [1.807, 2.05) is 0 Å². The van der Waals surface area contributed by atoms with Gasteiger partial charge in [-0.05, 0) is 73.0 Å². The number of rotatable bonds is 4. The van der Waals surface area contributed by atoms with E-state index in [4.69, 9.17) is 0 Å². The van der Waals surface area contributed by atoms with Gasteiger partial charge in [0.2, 0.25) is 0 Å². The number of fused-ring (bicyclic) bond motifs is 3. The fraction of sp³-hybridized carbons (Fsp3) is 0.419. The first-order valence-electron chi connectivity index (χ1n) is 12.2. The lowest BCUT2D eigenvalue weighted by Crippen LogP contribution is -2.35. The van der Waals surface area contributed by atoms with E-state index in [0.717, 1.165) is 17.8 Å². The predicted octanol–water partition coefficient (Wildman–Crippen LogP) is 7.63. The van der Waals surface area contributed by atoms with Gasteiger partial charge in [-0.15, -0.1) is 0 Å². The molecule has 0 aromatic carbocycles. The molecular formula is C31H36. The molecule has 0 aromatic rings. The minimum Gasteiger partial charge on any atom is -0.0758 e. The molecule has 0 amide bonds. The summed E-state index contributed by atoms with van der Waals surface area (Å²) in [6, 6.07) is 0. The molecule has 5 aliphatic carbocycles. The third kappa shape index (κ3) is 3.75. The van der Waals surface area contributed by atoms with Gasteiger partial charge in [-0.25, -0.2) is 0 Å². The molecular weight excluding hydrogens is 372 g/mol. The van der Waals surface area contributed by atoms with Crippen LogP contribution in [-0.4, -0.2) is 0 Å². The molecule has 5 aliphatic rings. The molecule has 0 aromatic heterocycles. The minimum atomic E-state index is -0.0332. The molecule has 160 valence electrons. The van der Waals surface area contributed by atoms with E-state index in [1.54, 1.807) is 5.92 Å². The van der Waals surface area contributed by atoms with Gasteiger partial charge >= 0.3 is 0 Å². The van der Waals surface area contributed by atoms with Gasteiger partial charge in [0.25, 0.3) is 0 Å². The Hall–Kier alpha value is -1.04. The van der Waals surface area contributed by atoms with Crippen LogP contribution in [0.5, 0.6) is 0 Å². The highest BCUT2D eigenvalue weighted by atomic mass is 14.6. The zero-order valence-electron chi connectivity index (χ0n) is 19.8. The van der Waals surface area contributed by atoms with Crippen LogP contribution in [0.1, 0.15) is 53.9 Å². The average Bonchev–Trinajstić information content (AvgIpc) is 3.37. The van der Waals surface area contributed by atoms with Gasteiger partial charge in [0.15, 0.2) is 0 Å². The molecule has 3 saturated carbocycles. The van der Waals surface area contributed by atoms with Crippen molar-refractivity contribution >= 4 is 0 Å². The quantitative estimate of drug-likeness (QED) is 0.448. The summed E-state index contributed by atoms with van der Waals surface area (Å²) in [5.41, 5.74) is -0.0332. The van der Waals surface area contributed by atoms with Crippen LogP contribution in [0, 0.1) is 89.8 Å². The summed E-state index contributed by atoms with van der Waals surface area (Å²) in [7, 11) is 0. The fourth-order valence-electron chi connectivity index (χ4n) is 6.50. The molecule has 3 fully saturated rings. The molecule has 31 heavy (non-hydrogen) atoms. The number of hydrogen-bond donors (Lipinski definition) is 0. The van der Waals surface area contributed by atoms with E-state index in [9.17, 15) is 0 Å². The van der Waals surface area contributed by atoms with Crippen LogP contribution in [0.15, 0.2) is 48.6 Å². The van der Waals surface area contributed by atoms with E-state index in [2.05, 4.69) is 102 Å². The lowest BCUT2D eigenvalue weighted by Gasteiger charge is -2.43. The standard InChI is InChI=1S/C31H36/c1-20(2)24-17-14-21(3)18-29(24)22-15-16-23(19-22)31(4,5)30-27-12-8-6-10-25(27)26-11-7-9-13-28(26)30/h6-13,15-16,19-21,24,29H,14,17-18H2,1-5H3/t21-,24+,29-/m1/s1. The Morgan fingerprint density at radius 3 is 1.97 bits per heavy atom. The highest BCUT2D eigenvalue weighted by molar-refractivity contribution is 5.78. The first-order chi connectivity index (χ1) is 14.9. The van der Waals surface area contributed by atoms with Crippen molar-refractivity contribution in [1.29, 1.82) is 0 Å². The van der Waals surface area contributed by atoms with Gasteiger partial charge in [-0.2, -0.15) is 0 Å². The third-order valence-electron chi connectivity index (χ3n) is 8.26. The Kier molecular flexibility index (Phi) is 5.89. The second kappa shape index (κ2) is 8.39. The maximum absolute atomic E-state index is 2.55. The van der Waals surface area contributed by atoms with Gasteiger partial charge in [0, 0.05) is 29.6 Å². The van der Waals surface area contributed by atoms with Crippen LogP contribution in [0.4, 0.5) is 0 Å². The van der Waals surface area contributed by atoms with Crippen LogP contribution >= 0.6 is 0 Å². The molecule has 0 bridgehead atoms. The zero-order valence-corrected chi connectivity index (χ0v) is 19.8. The second-order valence-corrected chi connectivity index (χ2v) is 11.0. The van der Waals surface area contributed by atoms with Crippen LogP contribution in [0.25, 0.3) is 0 Å². The summed E-state index contributed by atoms with van der Waals surface area (Å²) in [4.78, 5) is 0. The molecule has 0 nitrogen and oxygen atoms in total. The third-order valence-corrected chi connectivity index (χ3v) is 8.26. The van der Waals surface area contributed by atoms with Crippen molar-refractivity contribution < 1.29 is 0 Å². The van der Waals surface area contributed by atoms with Crippen molar-refractivity contribution in [3.8, 4) is 0 Å². The Labute approximate surface area is 192 Å². The van der Waals surface area contributed by atoms with Gasteiger partial charge < -0.3 is 0 Å². The summed E-state index contributed by atoms with van der Waals surface area (Å²) in [6.45, 7) is 12.1. The van der Waals surface area contributed by atoms with Crippen LogP contribution in [0.3, 0.4) is 0 Å². The van der Waals surface area contributed by atoms with Crippen LogP contribution in [-0.2, 0) is 0 Å². The topological polar surface area (TPSA) is 0 Å². The second-order valence-electron chi connectivity index (χ2n) is 11.0. The Balaban J connectivity index is 1.36. The van der Waals surface area contributed by atoms with E-state index < -0.39 is 0 Å². The van der Waals surface area contributed by atoms with Gasteiger partial charge in [0.05, 0.1) is 0 Å². The highest BCUT2D eigenvalue weighted by Crippen LogP contribution is 2.66. The molecule has 0 saturated heterocycles. The maximum Gasteiger partial charge on any atom is 0.0209 e. The van der Waals surface area contributed by atoms with Gasteiger partial charge in [0.1, 0.15) is 0 Å². The van der Waals surface area contributed by atoms with Crippen molar-refractivity contribution in [2.75, 3.05) is 0 Å². The lowest BCUT2D eigenvalue weighted by molar-refractivity contribution is 0.159. The normalized spacial score (nSPS) is 34.3. The molecule has 0 N–H and O–H groups in total. The first-order valence-corrected chi connectivity index (χ1v) is 12.2. The number of hydrogen-bond acceptors (Lipinski definition) is 0. The highest BCUT2D eigenvalue weighted by Gasteiger charge is 2.57. The Morgan fingerprint density at radius 1 is 0.806 bits per heavy atom. The summed E-state index contributed by atoms with van der Waals surface area (Å²) in [6.07, 6.45) is 29.4. The van der Waals surface area contributed by atoms with E-state index >= 15 is 0 Å². The molecule has 5 rings (SSSR count). The van der Waals surface area contributed by atoms with Crippen molar-refractivity contribution in [2.45, 2.75) is 53.9 Å². The molecule has 0 heterocycles. The SMILES string of the molecule is CC(C)[C@@H]1CC[C@@H](C)C[C@@H]1[C]1[CH][CH][C](C(C)(C)[C]2[C]3C=CC=C[C]3[C]3C=CC=C[C]32)[CH]1. The maximum atomic E-state index is 2.55. The van der Waals surface area contributed by atoms with Crippen LogP contribution in [0.2, 0.25) is 0 Å². The summed E-state index contributed by atoms with van der Waals surface area (Å²) < 4.78 is 0. The minimum absolute atomic E-state index is 0.0332. The molecule has 10 radical (unpaired) electrons. The van der Waals surface area contributed by atoms with Crippen LogP contribution < -0.4 is 0 Å². The fourth-order valence-corrected chi connectivity index (χ4v) is 6.50. The van der Waals surface area contributed by atoms with E-state index in [1.165, 1.54) is 54.8 Å². The van der Waals surface area contributed by atoms with Gasteiger partial charge in [-0.3, -0.25) is 0 Å². The van der Waals surface area contributed by atoms with Crippen molar-refractivity contribution in [3.63, 3.8) is 0 Å². The molecule has 3 atom stereocenters.